The Morgan fingerprint density at radius 3 is 3.00 bits per heavy atom. The third-order valence-corrected chi connectivity index (χ3v) is 4.55. The van der Waals surface area contributed by atoms with Gasteiger partial charge in [0.2, 0.25) is 0 Å². The van der Waals surface area contributed by atoms with Gasteiger partial charge in [-0.05, 0) is 24.1 Å². The Morgan fingerprint density at radius 1 is 1.33 bits per heavy atom. The Hall–Kier alpha value is -1.46. The van der Waals surface area contributed by atoms with Crippen LogP contribution in [0.1, 0.15) is 35.5 Å². The van der Waals surface area contributed by atoms with Gasteiger partial charge in [-0.2, -0.15) is 0 Å². The van der Waals surface area contributed by atoms with Crippen molar-refractivity contribution >= 4 is 11.3 Å². The quantitative estimate of drug-likeness (QED) is 0.833. The summed E-state index contributed by atoms with van der Waals surface area (Å²) in [5, 5.41) is 14.1. The third-order valence-electron chi connectivity index (χ3n) is 3.47. The summed E-state index contributed by atoms with van der Waals surface area (Å²) < 4.78 is 5.96. The van der Waals surface area contributed by atoms with Crippen LogP contribution in [0.2, 0.25) is 0 Å². The Kier molecular flexibility index (Phi) is 4.51. The molecule has 0 aliphatic carbocycles. The fraction of sp³-hybridized carbons (Fsp3) is 0.500. The lowest BCUT2D eigenvalue weighted by molar-refractivity contribution is 0.237. The van der Waals surface area contributed by atoms with Crippen LogP contribution < -0.4 is 10.1 Å². The molecule has 0 saturated heterocycles. The highest BCUT2D eigenvalue weighted by atomic mass is 32.1. The lowest BCUT2D eigenvalue weighted by Gasteiger charge is -2.06. The van der Waals surface area contributed by atoms with E-state index in [0.29, 0.717) is 5.92 Å². The summed E-state index contributed by atoms with van der Waals surface area (Å²) in [5.41, 5.74) is 1.26. The number of fused-ring (bicyclic) bond motifs is 1. The van der Waals surface area contributed by atoms with Crippen LogP contribution in [0, 0.1) is 5.92 Å². The first-order valence-electron chi connectivity index (χ1n) is 7.50. The van der Waals surface area contributed by atoms with E-state index < -0.39 is 0 Å². The van der Waals surface area contributed by atoms with E-state index in [9.17, 15) is 0 Å². The zero-order valence-corrected chi connectivity index (χ0v) is 13.3. The molecule has 1 aliphatic heterocycles. The van der Waals surface area contributed by atoms with E-state index in [1.54, 1.807) is 11.3 Å². The molecule has 1 atom stereocenters. The number of nitrogens with one attached hydrogen (secondary N) is 1. The van der Waals surface area contributed by atoms with E-state index in [1.165, 1.54) is 5.56 Å². The lowest BCUT2D eigenvalue weighted by atomic mass is 10.1. The van der Waals surface area contributed by atoms with Crippen LogP contribution in [0.4, 0.5) is 0 Å². The second-order valence-electron chi connectivity index (χ2n) is 5.80. The number of aromatic nitrogens is 2. The number of hydrogen-bond acceptors (Lipinski definition) is 5. The minimum atomic E-state index is 0.0391. The first kappa shape index (κ1) is 14.5. The van der Waals surface area contributed by atoms with Crippen LogP contribution in [0.25, 0.3) is 0 Å². The summed E-state index contributed by atoms with van der Waals surface area (Å²) in [4.78, 5) is 0. The molecule has 0 radical (unpaired) electrons. The largest absolute Gasteiger partial charge is 0.483 e. The molecule has 1 unspecified atom stereocenters. The maximum absolute atomic E-state index is 5.96. The van der Waals surface area contributed by atoms with Gasteiger partial charge in [0.05, 0.1) is 0 Å². The van der Waals surface area contributed by atoms with Crippen molar-refractivity contribution in [3.05, 3.63) is 39.8 Å². The van der Waals surface area contributed by atoms with Gasteiger partial charge in [0.25, 0.3) is 0 Å². The van der Waals surface area contributed by atoms with E-state index in [4.69, 9.17) is 4.74 Å². The maximum Gasteiger partial charge on any atom is 0.158 e. The van der Waals surface area contributed by atoms with Gasteiger partial charge in [-0.1, -0.05) is 43.4 Å². The molecule has 5 heteroatoms. The summed E-state index contributed by atoms with van der Waals surface area (Å²) in [6.45, 7) is 6.43. The Labute approximate surface area is 129 Å². The molecule has 0 spiro atoms. The number of hydrogen-bond donors (Lipinski definition) is 1. The normalized spacial score (nSPS) is 17.0. The van der Waals surface area contributed by atoms with E-state index in [2.05, 4.69) is 41.5 Å². The van der Waals surface area contributed by atoms with Crippen molar-refractivity contribution in [1.29, 1.82) is 0 Å². The number of ether oxygens (including phenoxy) is 1. The van der Waals surface area contributed by atoms with E-state index in [1.807, 2.05) is 12.1 Å². The predicted octanol–water partition coefficient (Wildman–Crippen LogP) is 3.00. The van der Waals surface area contributed by atoms with Gasteiger partial charge in [0.1, 0.15) is 10.8 Å². The molecule has 0 fully saturated rings. The average molecular weight is 303 g/mol. The molecule has 3 rings (SSSR count). The molecule has 1 aromatic carbocycles. The molecule has 1 aliphatic rings. The fourth-order valence-corrected chi connectivity index (χ4v) is 3.28. The van der Waals surface area contributed by atoms with Crippen LogP contribution in [0.3, 0.4) is 0 Å². The van der Waals surface area contributed by atoms with Crippen molar-refractivity contribution in [3.63, 3.8) is 0 Å². The summed E-state index contributed by atoms with van der Waals surface area (Å²) in [5.74, 6) is 1.67. The summed E-state index contributed by atoms with van der Waals surface area (Å²) in [6.07, 6.45) is 1.87. The number of rotatable bonds is 6. The van der Waals surface area contributed by atoms with Gasteiger partial charge in [-0.15, -0.1) is 10.2 Å². The standard InChI is InChI=1S/C16H21N3OS/c1-11(2)10-17-8-7-15-18-19-16(21-15)14-9-12-5-3-4-6-13(12)20-14/h3-6,11,14,17H,7-10H2,1-2H3. The molecule has 0 saturated carbocycles. The number of para-hydroxylation sites is 1. The Bertz CT molecular complexity index is 572. The molecular weight excluding hydrogens is 282 g/mol. The molecule has 21 heavy (non-hydrogen) atoms. The molecule has 2 aromatic rings. The average Bonchev–Trinajstić information content (AvgIpc) is 3.09. The van der Waals surface area contributed by atoms with Gasteiger partial charge in [0, 0.05) is 19.4 Å². The van der Waals surface area contributed by atoms with Gasteiger partial charge in [-0.25, -0.2) is 0 Å². The number of nitrogens with zero attached hydrogens (tertiary/aromatic N) is 2. The first-order chi connectivity index (χ1) is 10.2. The van der Waals surface area contributed by atoms with Crippen molar-refractivity contribution < 1.29 is 4.74 Å². The first-order valence-corrected chi connectivity index (χ1v) is 8.31. The van der Waals surface area contributed by atoms with E-state index in [-0.39, 0.29) is 6.10 Å². The third kappa shape index (κ3) is 3.60. The summed E-state index contributed by atoms with van der Waals surface area (Å²) >= 11 is 1.67. The second kappa shape index (κ2) is 6.54. The van der Waals surface area contributed by atoms with Crippen LogP contribution in [0.15, 0.2) is 24.3 Å². The van der Waals surface area contributed by atoms with E-state index >= 15 is 0 Å². The molecule has 1 N–H and O–H groups in total. The van der Waals surface area contributed by atoms with Gasteiger partial charge in [0.15, 0.2) is 11.1 Å². The summed E-state index contributed by atoms with van der Waals surface area (Å²) in [6, 6.07) is 8.20. The van der Waals surface area contributed by atoms with Crippen molar-refractivity contribution in [3.8, 4) is 5.75 Å². The molecule has 0 amide bonds. The van der Waals surface area contributed by atoms with Crippen molar-refractivity contribution in [1.82, 2.24) is 15.5 Å². The van der Waals surface area contributed by atoms with Gasteiger partial charge < -0.3 is 10.1 Å². The monoisotopic (exact) mass is 303 g/mol. The van der Waals surface area contributed by atoms with E-state index in [0.717, 1.165) is 41.7 Å². The topological polar surface area (TPSA) is 47.0 Å². The second-order valence-corrected chi connectivity index (χ2v) is 6.89. The lowest BCUT2D eigenvalue weighted by Crippen LogP contribution is -2.22. The van der Waals surface area contributed by atoms with Crippen LogP contribution >= 0.6 is 11.3 Å². The molecule has 4 nitrogen and oxygen atoms in total. The number of benzene rings is 1. The van der Waals surface area contributed by atoms with Gasteiger partial charge >= 0.3 is 0 Å². The smallest absolute Gasteiger partial charge is 0.158 e. The van der Waals surface area contributed by atoms with Crippen molar-refractivity contribution in [2.45, 2.75) is 32.8 Å². The molecule has 2 heterocycles. The highest BCUT2D eigenvalue weighted by Crippen LogP contribution is 2.37. The maximum atomic E-state index is 5.96. The Balaban J connectivity index is 1.54. The Morgan fingerprint density at radius 2 is 2.19 bits per heavy atom. The highest BCUT2D eigenvalue weighted by Gasteiger charge is 2.26. The molecular formula is C16H21N3OS. The minimum absolute atomic E-state index is 0.0391. The predicted molar refractivity (Wildman–Crippen MR) is 84.8 cm³/mol. The SMILES string of the molecule is CC(C)CNCCc1nnc(C2Cc3ccccc3O2)s1. The van der Waals surface area contributed by atoms with Crippen molar-refractivity contribution in [2.75, 3.05) is 13.1 Å². The molecule has 0 bridgehead atoms. The van der Waals surface area contributed by atoms with Crippen molar-refractivity contribution in [2.24, 2.45) is 5.92 Å². The van der Waals surface area contributed by atoms with Crippen LogP contribution in [0.5, 0.6) is 5.75 Å². The summed E-state index contributed by atoms with van der Waals surface area (Å²) in [7, 11) is 0. The van der Waals surface area contributed by atoms with Crippen LogP contribution in [-0.4, -0.2) is 23.3 Å². The minimum Gasteiger partial charge on any atom is -0.483 e. The molecule has 1 aromatic heterocycles. The zero-order valence-electron chi connectivity index (χ0n) is 12.5. The van der Waals surface area contributed by atoms with Crippen LogP contribution in [-0.2, 0) is 12.8 Å². The molecule has 112 valence electrons. The van der Waals surface area contributed by atoms with Gasteiger partial charge in [-0.3, -0.25) is 0 Å². The fourth-order valence-electron chi connectivity index (χ4n) is 2.40. The zero-order chi connectivity index (χ0) is 14.7. The highest BCUT2D eigenvalue weighted by molar-refractivity contribution is 7.11.